The van der Waals surface area contributed by atoms with Gasteiger partial charge in [0.2, 0.25) is 0 Å². The molecule has 78 valence electrons. The Labute approximate surface area is 92.0 Å². The summed E-state index contributed by atoms with van der Waals surface area (Å²) in [6.45, 7) is 2.34. The Morgan fingerprint density at radius 3 is 2.67 bits per heavy atom. The van der Waals surface area contributed by atoms with Gasteiger partial charge in [-0.15, -0.1) is 0 Å². The van der Waals surface area contributed by atoms with Crippen molar-refractivity contribution in [1.82, 2.24) is 0 Å². The average Bonchev–Trinajstić information content (AvgIpc) is 2.23. The Bertz CT molecular complexity index is 386. The van der Waals surface area contributed by atoms with Gasteiger partial charge < -0.3 is 0 Å². The number of fused-ring (bicyclic) bond motifs is 1. The molecule has 0 aliphatic heterocycles. The zero-order valence-corrected chi connectivity index (χ0v) is 9.37. The molecule has 0 aromatic heterocycles. The van der Waals surface area contributed by atoms with Crippen LogP contribution in [0.4, 0.5) is 0 Å². The van der Waals surface area contributed by atoms with E-state index < -0.39 is 0 Å². The minimum Gasteiger partial charge on any atom is -0.0738 e. The molecule has 15 heavy (non-hydrogen) atoms. The van der Waals surface area contributed by atoms with Crippen LogP contribution in [0.2, 0.25) is 0 Å². The molecule has 2 aliphatic carbocycles. The van der Waals surface area contributed by atoms with Crippen LogP contribution in [0.5, 0.6) is 0 Å². The fraction of sp³-hybridized carbons (Fsp3) is 0.467. The minimum atomic E-state index is 0.830. The van der Waals surface area contributed by atoms with Crippen LogP contribution in [-0.4, -0.2) is 0 Å². The van der Waals surface area contributed by atoms with Crippen LogP contribution in [-0.2, 0) is 0 Å². The molecular weight excluding hydrogens is 180 g/mol. The second-order valence-electron chi connectivity index (χ2n) is 5.03. The first-order valence-corrected chi connectivity index (χ1v) is 6.09. The van der Waals surface area contributed by atoms with Gasteiger partial charge >= 0.3 is 0 Å². The van der Waals surface area contributed by atoms with Gasteiger partial charge in [0.1, 0.15) is 0 Å². The molecule has 1 aromatic rings. The molecule has 0 amide bonds. The van der Waals surface area contributed by atoms with E-state index in [0.29, 0.717) is 0 Å². The van der Waals surface area contributed by atoms with Crippen molar-refractivity contribution in [3.63, 3.8) is 0 Å². The van der Waals surface area contributed by atoms with Crippen LogP contribution >= 0.6 is 0 Å². The van der Waals surface area contributed by atoms with Gasteiger partial charge in [0.05, 0.1) is 0 Å². The van der Waals surface area contributed by atoms with Crippen LogP contribution in [0.3, 0.4) is 0 Å². The van der Waals surface area contributed by atoms with Crippen LogP contribution in [0, 0.1) is 5.92 Å². The van der Waals surface area contributed by atoms with Crippen LogP contribution in [0.25, 0.3) is 0 Å². The second-order valence-corrected chi connectivity index (χ2v) is 5.03. The normalized spacial score (nSPS) is 29.7. The lowest BCUT2D eigenvalue weighted by Crippen LogP contribution is -2.30. The molecule has 2 aliphatic rings. The zero-order valence-electron chi connectivity index (χ0n) is 9.37. The van der Waals surface area contributed by atoms with Crippen molar-refractivity contribution in [3.05, 3.63) is 47.0 Å². The minimum absolute atomic E-state index is 0.830. The maximum atomic E-state index is 2.34. The molecule has 1 aromatic carbocycles. The van der Waals surface area contributed by atoms with Crippen molar-refractivity contribution in [2.45, 2.75) is 38.5 Å². The summed E-state index contributed by atoms with van der Waals surface area (Å²) in [5, 5.41) is 0. The summed E-state index contributed by atoms with van der Waals surface area (Å²) < 4.78 is 0. The lowest BCUT2D eigenvalue weighted by atomic mass is 9.60. The Hall–Kier alpha value is -1.04. The quantitative estimate of drug-likeness (QED) is 0.590. The van der Waals surface area contributed by atoms with Gasteiger partial charge in [-0.1, -0.05) is 41.5 Å². The molecule has 0 unspecified atom stereocenters. The largest absolute Gasteiger partial charge is 0.0738 e. The van der Waals surface area contributed by atoms with Gasteiger partial charge in [-0.3, -0.25) is 0 Å². The zero-order chi connectivity index (χ0) is 10.3. The van der Waals surface area contributed by atoms with Crippen LogP contribution < -0.4 is 0 Å². The van der Waals surface area contributed by atoms with Crippen molar-refractivity contribution in [2.75, 3.05) is 0 Å². The average molecular weight is 198 g/mol. The van der Waals surface area contributed by atoms with Gasteiger partial charge in [0.25, 0.3) is 0 Å². The van der Waals surface area contributed by atoms with E-state index in [1.165, 1.54) is 25.7 Å². The van der Waals surface area contributed by atoms with E-state index in [-0.39, 0.29) is 0 Å². The van der Waals surface area contributed by atoms with Gasteiger partial charge in [-0.05, 0) is 50.0 Å². The Kier molecular flexibility index (Phi) is 2.16. The number of rotatable bonds is 1. The van der Waals surface area contributed by atoms with Crippen LogP contribution in [0.1, 0.15) is 44.1 Å². The van der Waals surface area contributed by atoms with E-state index in [4.69, 9.17) is 0 Å². The fourth-order valence-electron chi connectivity index (χ4n) is 3.28. The molecule has 1 fully saturated rings. The Morgan fingerprint density at radius 1 is 1.07 bits per heavy atom. The Morgan fingerprint density at radius 2 is 1.87 bits per heavy atom. The fourth-order valence-corrected chi connectivity index (χ4v) is 3.28. The number of hydrogen-bond donors (Lipinski definition) is 0. The summed E-state index contributed by atoms with van der Waals surface area (Å²) in [4.78, 5) is 0. The third-order valence-corrected chi connectivity index (χ3v) is 4.22. The predicted octanol–water partition coefficient (Wildman–Crippen LogP) is 4.29. The van der Waals surface area contributed by atoms with E-state index in [9.17, 15) is 0 Å². The van der Waals surface area contributed by atoms with Crippen molar-refractivity contribution < 1.29 is 0 Å². The van der Waals surface area contributed by atoms with E-state index in [1.807, 2.05) is 0 Å². The molecule has 3 rings (SSSR count). The maximum Gasteiger partial charge on any atom is -0.00588 e. The molecule has 0 N–H and O–H groups in total. The molecule has 0 heterocycles. The SMILES string of the molecule is CC1=C2C[C@H](c3ccccc3)[C@H]2CCC1. The van der Waals surface area contributed by atoms with Crippen molar-refractivity contribution in [1.29, 1.82) is 0 Å². The van der Waals surface area contributed by atoms with Gasteiger partial charge in [0, 0.05) is 0 Å². The predicted molar refractivity (Wildman–Crippen MR) is 63.8 cm³/mol. The highest BCUT2D eigenvalue weighted by atomic mass is 14.4. The smallest absolute Gasteiger partial charge is 0.00588 e. The summed E-state index contributed by atoms with van der Waals surface area (Å²) in [6.07, 6.45) is 5.52. The molecular formula is C15H18. The highest BCUT2D eigenvalue weighted by molar-refractivity contribution is 5.36. The lowest BCUT2D eigenvalue weighted by molar-refractivity contribution is 0.314. The lowest BCUT2D eigenvalue weighted by Gasteiger charge is -2.44. The summed E-state index contributed by atoms with van der Waals surface area (Å²) in [6, 6.07) is 11.1. The molecule has 0 spiro atoms. The van der Waals surface area contributed by atoms with E-state index >= 15 is 0 Å². The molecule has 0 heteroatoms. The highest BCUT2D eigenvalue weighted by Gasteiger charge is 2.38. The molecule has 0 nitrogen and oxygen atoms in total. The van der Waals surface area contributed by atoms with E-state index in [1.54, 1.807) is 16.7 Å². The van der Waals surface area contributed by atoms with Crippen LogP contribution in [0.15, 0.2) is 41.5 Å². The first-order valence-electron chi connectivity index (χ1n) is 6.09. The highest BCUT2D eigenvalue weighted by Crippen LogP contribution is 2.53. The third kappa shape index (κ3) is 1.43. The monoisotopic (exact) mass is 198 g/mol. The summed E-state index contributed by atoms with van der Waals surface area (Å²) in [7, 11) is 0. The molecule has 2 atom stereocenters. The second kappa shape index (κ2) is 3.52. The molecule has 1 saturated carbocycles. The van der Waals surface area contributed by atoms with Crippen molar-refractivity contribution in [2.24, 2.45) is 5.92 Å². The maximum absolute atomic E-state index is 2.34. The van der Waals surface area contributed by atoms with Crippen molar-refractivity contribution in [3.8, 4) is 0 Å². The summed E-state index contributed by atoms with van der Waals surface area (Å²) >= 11 is 0. The molecule has 0 bridgehead atoms. The first-order chi connectivity index (χ1) is 7.36. The number of allylic oxidation sites excluding steroid dienone is 2. The summed E-state index contributed by atoms with van der Waals surface area (Å²) in [5.41, 5.74) is 5.04. The molecule has 0 saturated heterocycles. The van der Waals surface area contributed by atoms with Gasteiger partial charge in [-0.2, -0.15) is 0 Å². The van der Waals surface area contributed by atoms with E-state index in [2.05, 4.69) is 37.3 Å². The van der Waals surface area contributed by atoms with Gasteiger partial charge in [-0.25, -0.2) is 0 Å². The summed E-state index contributed by atoms with van der Waals surface area (Å²) in [5.74, 6) is 1.72. The Balaban J connectivity index is 1.86. The molecule has 0 radical (unpaired) electrons. The van der Waals surface area contributed by atoms with E-state index in [0.717, 1.165) is 11.8 Å². The standard InChI is InChI=1S/C15H18/c1-11-6-5-9-13-14(11)10-15(13)12-7-3-2-4-8-12/h2-4,7-8,13,15H,5-6,9-10H2,1H3/t13-,15+/m0/s1. The number of benzene rings is 1. The van der Waals surface area contributed by atoms with Crippen molar-refractivity contribution >= 4 is 0 Å². The third-order valence-electron chi connectivity index (χ3n) is 4.22. The number of hydrogen-bond acceptors (Lipinski definition) is 0. The topological polar surface area (TPSA) is 0 Å². The van der Waals surface area contributed by atoms with Gasteiger partial charge in [0.15, 0.2) is 0 Å². The first kappa shape index (κ1) is 9.21.